The monoisotopic (exact) mass is 548 g/mol. The molecule has 0 amide bonds. The zero-order valence-corrected chi connectivity index (χ0v) is 25.8. The second-order valence-electron chi connectivity index (χ2n) is 14.6. The molecule has 3 saturated carbocycles. The molecular weight excluding hydrogens is 496 g/mol. The lowest BCUT2D eigenvalue weighted by Gasteiger charge is -2.59. The van der Waals surface area contributed by atoms with Gasteiger partial charge in [0.15, 0.2) is 0 Å². The molecule has 0 spiro atoms. The molecule has 1 aromatic carbocycles. The van der Waals surface area contributed by atoms with Crippen molar-refractivity contribution in [2.45, 2.75) is 118 Å². The molecule has 220 valence electrons. The van der Waals surface area contributed by atoms with E-state index in [1.165, 1.54) is 57.4 Å². The van der Waals surface area contributed by atoms with Crippen LogP contribution in [0.5, 0.6) is 0 Å². The van der Waals surface area contributed by atoms with Crippen molar-refractivity contribution in [1.29, 1.82) is 0 Å². The molecule has 0 aromatic heterocycles. The maximum atomic E-state index is 13.4. The molecule has 0 saturated heterocycles. The average Bonchev–Trinajstić information content (AvgIpc) is 3.26. The molecule has 0 bridgehead atoms. The highest BCUT2D eigenvalue weighted by molar-refractivity contribution is 5.89. The van der Waals surface area contributed by atoms with Crippen LogP contribution in [0.25, 0.3) is 0 Å². The van der Waals surface area contributed by atoms with Crippen molar-refractivity contribution >= 4 is 11.9 Å². The minimum Gasteiger partial charge on any atom is -0.462 e. The molecule has 1 aromatic rings. The summed E-state index contributed by atoms with van der Waals surface area (Å²) in [5.74, 6) is 3.23. The molecule has 0 aliphatic heterocycles. The number of carbonyl (C=O) groups is 2. The van der Waals surface area contributed by atoms with E-state index >= 15 is 0 Å². The van der Waals surface area contributed by atoms with Crippen molar-refractivity contribution in [3.63, 3.8) is 0 Å². The highest BCUT2D eigenvalue weighted by Gasteiger charge is 2.62. The van der Waals surface area contributed by atoms with Crippen molar-refractivity contribution in [1.82, 2.24) is 0 Å². The number of esters is 2. The Morgan fingerprint density at radius 1 is 0.925 bits per heavy atom. The van der Waals surface area contributed by atoms with E-state index in [4.69, 9.17) is 9.47 Å². The molecular formula is C36H52O4. The molecule has 9 atom stereocenters. The number of hydrogen-bond donors (Lipinski definition) is 0. The molecule has 3 fully saturated rings. The third kappa shape index (κ3) is 5.53. The topological polar surface area (TPSA) is 52.6 Å². The maximum Gasteiger partial charge on any atom is 0.338 e. The van der Waals surface area contributed by atoms with E-state index < -0.39 is 0 Å². The Morgan fingerprint density at radius 2 is 1.68 bits per heavy atom. The van der Waals surface area contributed by atoms with Gasteiger partial charge in [0, 0.05) is 19.3 Å². The Bertz CT molecular complexity index is 1090. The number of carbonyl (C=O) groups excluding carboxylic acids is 2. The van der Waals surface area contributed by atoms with Crippen LogP contribution in [0.1, 0.15) is 116 Å². The Labute approximate surface area is 242 Å². The SMILES string of the molecule is CC(=O)O[C@@H]1CC[C@]2(C)C(=C[C@@H](OC(=O)c3ccccc3)[C@H]3[C@H]4CC[C@@H]([C@H](C)CCCC(C)C)[C@@]4(C)CC[C@@H]32)C1. The first-order valence-corrected chi connectivity index (χ1v) is 16.2. The Kier molecular flexibility index (Phi) is 8.56. The van der Waals surface area contributed by atoms with Crippen LogP contribution in [0.15, 0.2) is 42.0 Å². The summed E-state index contributed by atoms with van der Waals surface area (Å²) in [5, 5.41) is 0. The zero-order chi connectivity index (χ0) is 28.7. The van der Waals surface area contributed by atoms with Crippen LogP contribution in [-0.4, -0.2) is 24.1 Å². The smallest absolute Gasteiger partial charge is 0.338 e. The largest absolute Gasteiger partial charge is 0.462 e. The minimum atomic E-state index is -0.225. The number of fused-ring (bicyclic) bond motifs is 5. The summed E-state index contributed by atoms with van der Waals surface area (Å²) in [6.45, 7) is 13.7. The van der Waals surface area contributed by atoms with Crippen LogP contribution in [0.4, 0.5) is 0 Å². The van der Waals surface area contributed by atoms with Crippen LogP contribution >= 0.6 is 0 Å². The summed E-state index contributed by atoms with van der Waals surface area (Å²) < 4.78 is 12.2. The van der Waals surface area contributed by atoms with E-state index in [0.717, 1.165) is 37.0 Å². The lowest BCUT2D eigenvalue weighted by atomic mass is 9.46. The van der Waals surface area contributed by atoms with Crippen LogP contribution < -0.4 is 0 Å². The standard InChI is InChI=1S/C36H52O4/c1-23(2)11-10-12-24(3)29-15-16-30-33-31(18-20-36(29,30)6)35(5)19-17-28(39-25(4)37)21-27(35)22-32(33)40-34(38)26-13-8-7-9-14-26/h7-9,13-14,22-24,28-33H,10-12,15-21H2,1-6H3/t24-,28-,29+,30-,31+,32-,33+,35-,36-/m1/s1. The molecule has 4 nitrogen and oxygen atoms in total. The van der Waals surface area contributed by atoms with Crippen LogP contribution in [-0.2, 0) is 14.3 Å². The van der Waals surface area contributed by atoms with E-state index in [1.54, 1.807) is 0 Å². The van der Waals surface area contributed by atoms with E-state index in [9.17, 15) is 9.59 Å². The van der Waals surface area contributed by atoms with Gasteiger partial charge in [-0.05, 0) is 97.2 Å². The van der Waals surface area contributed by atoms with Gasteiger partial charge >= 0.3 is 11.9 Å². The molecule has 0 unspecified atom stereocenters. The highest BCUT2D eigenvalue weighted by atomic mass is 16.5. The fourth-order valence-electron chi connectivity index (χ4n) is 9.83. The van der Waals surface area contributed by atoms with Gasteiger partial charge in [0.2, 0.25) is 0 Å². The second kappa shape index (κ2) is 11.6. The van der Waals surface area contributed by atoms with Gasteiger partial charge in [-0.1, -0.05) is 77.7 Å². The lowest BCUT2D eigenvalue weighted by molar-refractivity contribution is -0.149. The first kappa shape index (κ1) is 29.4. The van der Waals surface area contributed by atoms with Crippen molar-refractivity contribution in [2.75, 3.05) is 0 Å². The first-order chi connectivity index (χ1) is 19.0. The van der Waals surface area contributed by atoms with Gasteiger partial charge in [-0.25, -0.2) is 4.79 Å². The summed E-state index contributed by atoms with van der Waals surface area (Å²) in [4.78, 5) is 25.2. The quantitative estimate of drug-likeness (QED) is 0.241. The fourth-order valence-corrected chi connectivity index (χ4v) is 9.83. The predicted octanol–water partition coefficient (Wildman–Crippen LogP) is 8.80. The van der Waals surface area contributed by atoms with Gasteiger partial charge in [-0.2, -0.15) is 0 Å². The van der Waals surface area contributed by atoms with Crippen molar-refractivity contribution in [3.05, 3.63) is 47.5 Å². The van der Waals surface area contributed by atoms with Gasteiger partial charge in [0.05, 0.1) is 5.56 Å². The molecule has 0 radical (unpaired) electrons. The molecule has 4 aliphatic rings. The molecule has 0 N–H and O–H groups in total. The molecule has 5 rings (SSSR count). The Balaban J connectivity index is 1.45. The summed E-state index contributed by atoms with van der Waals surface area (Å²) in [5.41, 5.74) is 2.34. The maximum absolute atomic E-state index is 13.4. The average molecular weight is 549 g/mol. The second-order valence-corrected chi connectivity index (χ2v) is 14.6. The number of rotatable bonds is 8. The van der Waals surface area contributed by atoms with Gasteiger partial charge in [0.1, 0.15) is 12.2 Å². The summed E-state index contributed by atoms with van der Waals surface area (Å²) >= 11 is 0. The minimum absolute atomic E-state index is 0.0738. The summed E-state index contributed by atoms with van der Waals surface area (Å²) in [7, 11) is 0. The van der Waals surface area contributed by atoms with Crippen LogP contribution in [0, 0.1) is 46.3 Å². The van der Waals surface area contributed by atoms with Crippen LogP contribution in [0.3, 0.4) is 0 Å². The van der Waals surface area contributed by atoms with E-state index in [-0.39, 0.29) is 29.6 Å². The van der Waals surface area contributed by atoms with Crippen molar-refractivity contribution in [2.24, 2.45) is 46.3 Å². The van der Waals surface area contributed by atoms with E-state index in [1.807, 2.05) is 30.3 Å². The molecule has 40 heavy (non-hydrogen) atoms. The number of ether oxygens (including phenoxy) is 2. The first-order valence-electron chi connectivity index (χ1n) is 16.2. The van der Waals surface area contributed by atoms with Crippen molar-refractivity contribution < 1.29 is 19.1 Å². The lowest BCUT2D eigenvalue weighted by Crippen LogP contribution is -2.55. The summed E-state index contributed by atoms with van der Waals surface area (Å²) in [6, 6.07) is 9.45. The van der Waals surface area contributed by atoms with E-state index in [2.05, 4.69) is 40.7 Å². The normalized spacial score (nSPS) is 37.5. The number of hydrogen-bond acceptors (Lipinski definition) is 4. The zero-order valence-electron chi connectivity index (χ0n) is 25.8. The van der Waals surface area contributed by atoms with Crippen molar-refractivity contribution in [3.8, 4) is 0 Å². The van der Waals surface area contributed by atoms with Crippen LogP contribution in [0.2, 0.25) is 0 Å². The molecule has 4 aliphatic carbocycles. The van der Waals surface area contributed by atoms with Gasteiger partial charge in [0.25, 0.3) is 0 Å². The van der Waals surface area contributed by atoms with Gasteiger partial charge in [-0.15, -0.1) is 0 Å². The summed E-state index contributed by atoms with van der Waals surface area (Å²) in [6.07, 6.45) is 13.7. The van der Waals surface area contributed by atoms with Gasteiger partial charge < -0.3 is 9.47 Å². The predicted molar refractivity (Wildman–Crippen MR) is 160 cm³/mol. The number of benzene rings is 1. The highest BCUT2D eigenvalue weighted by Crippen LogP contribution is 2.67. The van der Waals surface area contributed by atoms with E-state index in [0.29, 0.717) is 28.7 Å². The molecule has 4 heteroatoms. The third-order valence-corrected chi connectivity index (χ3v) is 11.8. The third-order valence-electron chi connectivity index (χ3n) is 11.8. The fraction of sp³-hybridized carbons (Fsp3) is 0.722. The Hall–Kier alpha value is -2.10. The Morgan fingerprint density at radius 3 is 2.38 bits per heavy atom. The van der Waals surface area contributed by atoms with Gasteiger partial charge in [-0.3, -0.25) is 4.79 Å². The molecule has 0 heterocycles.